The maximum absolute atomic E-state index is 12.1. The highest BCUT2D eigenvalue weighted by molar-refractivity contribution is 7.99. The van der Waals surface area contributed by atoms with Crippen LogP contribution in [-0.2, 0) is 4.79 Å². The van der Waals surface area contributed by atoms with Crippen LogP contribution in [0.4, 0.5) is 5.69 Å². The number of anilines is 1. The summed E-state index contributed by atoms with van der Waals surface area (Å²) in [6, 6.07) is 12.3. The largest absolute Gasteiger partial charge is 0.442 e. The van der Waals surface area contributed by atoms with E-state index in [1.165, 1.54) is 4.68 Å². The van der Waals surface area contributed by atoms with Gasteiger partial charge in [0.25, 0.3) is 0 Å². The van der Waals surface area contributed by atoms with Gasteiger partial charge in [0.2, 0.25) is 11.6 Å². The number of amides is 1. The molecule has 0 unspecified atom stereocenters. The van der Waals surface area contributed by atoms with E-state index in [1.54, 1.807) is 18.2 Å². The number of nitrogens with one attached hydrogen (secondary N) is 2. The quantitative estimate of drug-likeness (QED) is 0.497. The Morgan fingerprint density at radius 3 is 2.62 bits per heavy atom. The minimum atomic E-state index is -0.544. The number of benzene rings is 2. The lowest BCUT2D eigenvalue weighted by molar-refractivity contribution is -0.704. The monoisotopic (exact) mass is 410 g/mol. The van der Waals surface area contributed by atoms with Gasteiger partial charge in [-0.1, -0.05) is 40.9 Å². The summed E-state index contributed by atoms with van der Waals surface area (Å²) < 4.78 is 6.36. The molecule has 2 aromatic carbocycles. The zero-order chi connectivity index (χ0) is 18.7. The first-order chi connectivity index (χ1) is 12.4. The van der Waals surface area contributed by atoms with Crippen molar-refractivity contribution in [2.24, 2.45) is 0 Å². The van der Waals surface area contributed by atoms with Gasteiger partial charge in [0, 0.05) is 17.8 Å². The molecule has 0 aliphatic carbocycles. The van der Waals surface area contributed by atoms with Crippen molar-refractivity contribution >= 4 is 46.6 Å². The number of thioether (sulfide) groups is 1. The van der Waals surface area contributed by atoms with Crippen LogP contribution < -0.4 is 15.6 Å². The number of halogens is 2. The fraction of sp³-hybridized carbons (Fsp3) is 0.118. The van der Waals surface area contributed by atoms with Crippen molar-refractivity contribution in [3.63, 3.8) is 0 Å². The Kier molecular flexibility index (Phi) is 5.70. The SMILES string of the molecule is Cc1ccc(-[n+]2[nH]oc(=O)c2SCC(=O)Nc2ccc(Cl)c(Cl)c2)cc1. The zero-order valence-electron chi connectivity index (χ0n) is 13.6. The Bertz CT molecular complexity index is 999. The highest BCUT2D eigenvalue weighted by atomic mass is 35.5. The van der Waals surface area contributed by atoms with Crippen molar-refractivity contribution in [2.75, 3.05) is 11.1 Å². The normalized spacial score (nSPS) is 10.7. The van der Waals surface area contributed by atoms with Gasteiger partial charge < -0.3 is 5.32 Å². The average Bonchev–Trinajstić information content (AvgIpc) is 2.98. The molecule has 3 aromatic rings. The Morgan fingerprint density at radius 1 is 1.19 bits per heavy atom. The van der Waals surface area contributed by atoms with E-state index in [0.29, 0.717) is 15.7 Å². The van der Waals surface area contributed by atoms with Crippen molar-refractivity contribution < 1.29 is 14.0 Å². The Hall–Kier alpha value is -2.22. The topological polar surface area (TPSA) is 79.0 Å². The van der Waals surface area contributed by atoms with Crippen LogP contribution in [0, 0.1) is 6.92 Å². The molecule has 0 aliphatic rings. The average molecular weight is 411 g/mol. The lowest BCUT2D eigenvalue weighted by Crippen LogP contribution is -2.36. The number of aromatic nitrogens is 2. The van der Waals surface area contributed by atoms with Crippen LogP contribution in [0.15, 0.2) is 56.8 Å². The Balaban J connectivity index is 1.70. The molecular weight excluding hydrogens is 397 g/mol. The van der Waals surface area contributed by atoms with Gasteiger partial charge in [-0.3, -0.25) is 9.32 Å². The molecule has 0 saturated carbocycles. The van der Waals surface area contributed by atoms with Gasteiger partial charge in [-0.15, -0.1) is 0 Å². The molecule has 3 rings (SSSR count). The van der Waals surface area contributed by atoms with Crippen molar-refractivity contribution in [3.05, 3.63) is 68.5 Å². The molecule has 1 amide bonds. The number of nitrogens with zero attached hydrogens (tertiary/aromatic N) is 1. The highest BCUT2D eigenvalue weighted by Gasteiger charge is 2.24. The zero-order valence-corrected chi connectivity index (χ0v) is 15.9. The second-order valence-corrected chi connectivity index (χ2v) is 7.20. The van der Waals surface area contributed by atoms with E-state index in [2.05, 4.69) is 10.6 Å². The van der Waals surface area contributed by atoms with Crippen molar-refractivity contribution in [1.29, 1.82) is 0 Å². The smallest absolute Gasteiger partial charge is 0.325 e. The molecular formula is C17H14Cl2N3O3S+. The van der Waals surface area contributed by atoms with E-state index in [9.17, 15) is 9.59 Å². The first-order valence-corrected chi connectivity index (χ1v) is 9.26. The van der Waals surface area contributed by atoms with E-state index >= 15 is 0 Å². The van der Waals surface area contributed by atoms with Gasteiger partial charge in [-0.25, -0.2) is 4.79 Å². The minimum Gasteiger partial charge on any atom is -0.325 e. The van der Waals surface area contributed by atoms with Crippen LogP contribution >= 0.6 is 35.0 Å². The van der Waals surface area contributed by atoms with Crippen LogP contribution in [0.5, 0.6) is 0 Å². The second kappa shape index (κ2) is 7.99. The molecule has 0 radical (unpaired) electrons. The number of hydrogen-bond donors (Lipinski definition) is 2. The number of hydrogen-bond acceptors (Lipinski definition) is 4. The van der Waals surface area contributed by atoms with Gasteiger partial charge >= 0.3 is 10.7 Å². The molecule has 1 heterocycles. The lowest BCUT2D eigenvalue weighted by Gasteiger charge is -2.05. The highest BCUT2D eigenvalue weighted by Crippen LogP contribution is 2.25. The Morgan fingerprint density at radius 2 is 1.92 bits per heavy atom. The summed E-state index contributed by atoms with van der Waals surface area (Å²) >= 11 is 12.8. The fourth-order valence-electron chi connectivity index (χ4n) is 2.16. The third-order valence-electron chi connectivity index (χ3n) is 3.44. The number of carbonyl (C=O) groups excluding carboxylic acids is 1. The molecule has 0 aliphatic heterocycles. The van der Waals surface area contributed by atoms with Crippen molar-refractivity contribution in [2.45, 2.75) is 11.9 Å². The van der Waals surface area contributed by atoms with Gasteiger partial charge in [0.05, 0.1) is 15.8 Å². The van der Waals surface area contributed by atoms with Gasteiger partial charge in [0.15, 0.2) is 0 Å². The number of carbonyl (C=O) groups is 1. The summed E-state index contributed by atoms with van der Waals surface area (Å²) in [5, 5.41) is 6.27. The molecule has 0 atom stereocenters. The van der Waals surface area contributed by atoms with Crippen LogP contribution in [0.3, 0.4) is 0 Å². The van der Waals surface area contributed by atoms with E-state index in [4.69, 9.17) is 27.7 Å². The number of aryl methyl sites for hydroxylation is 1. The van der Waals surface area contributed by atoms with Crippen LogP contribution in [-0.4, -0.2) is 16.9 Å². The molecule has 0 saturated heterocycles. The molecule has 9 heteroatoms. The third kappa shape index (κ3) is 4.30. The molecule has 26 heavy (non-hydrogen) atoms. The molecule has 0 bridgehead atoms. The minimum absolute atomic E-state index is 0.0225. The standard InChI is InChI=1S/C17H13Cl2N3O3S/c1-10-2-5-12(6-3-10)22-16(17(24)25-21-22)26-9-15(23)20-11-4-7-13(18)14(19)8-11/h2-8H,9H2,1H3,(H-,20,21,23,24)/p+1. The van der Waals surface area contributed by atoms with E-state index < -0.39 is 5.63 Å². The van der Waals surface area contributed by atoms with Crippen molar-refractivity contribution in [3.8, 4) is 5.69 Å². The summed E-state index contributed by atoms with van der Waals surface area (Å²) in [6.45, 7) is 1.97. The van der Waals surface area contributed by atoms with E-state index in [1.807, 2.05) is 31.2 Å². The first kappa shape index (κ1) is 18.6. The number of H-pyrrole nitrogens is 1. The number of aromatic amines is 1. The van der Waals surface area contributed by atoms with Crippen LogP contribution in [0.1, 0.15) is 5.56 Å². The molecule has 6 nitrogen and oxygen atoms in total. The lowest BCUT2D eigenvalue weighted by atomic mass is 10.2. The predicted octanol–water partition coefficient (Wildman–Crippen LogP) is 3.59. The summed E-state index contributed by atoms with van der Waals surface area (Å²) in [7, 11) is 0. The van der Waals surface area contributed by atoms with Gasteiger partial charge in [-0.05, 0) is 46.8 Å². The van der Waals surface area contributed by atoms with E-state index in [0.717, 1.165) is 23.0 Å². The van der Waals surface area contributed by atoms with Crippen LogP contribution in [0.25, 0.3) is 5.69 Å². The van der Waals surface area contributed by atoms with Crippen molar-refractivity contribution in [1.82, 2.24) is 5.27 Å². The van der Waals surface area contributed by atoms with Gasteiger partial charge in [-0.2, -0.15) is 0 Å². The molecule has 1 aromatic heterocycles. The molecule has 0 fully saturated rings. The number of rotatable bonds is 5. The summed E-state index contributed by atoms with van der Waals surface area (Å²) in [6.07, 6.45) is 0. The third-order valence-corrected chi connectivity index (χ3v) is 5.21. The summed E-state index contributed by atoms with van der Waals surface area (Å²) in [4.78, 5) is 24.1. The predicted molar refractivity (Wildman–Crippen MR) is 101 cm³/mol. The first-order valence-electron chi connectivity index (χ1n) is 7.52. The Labute approximate surface area is 163 Å². The maximum atomic E-state index is 12.1. The van der Waals surface area contributed by atoms with Crippen LogP contribution in [0.2, 0.25) is 10.0 Å². The summed E-state index contributed by atoms with van der Waals surface area (Å²) in [5.41, 5.74) is 1.81. The summed E-state index contributed by atoms with van der Waals surface area (Å²) in [5.74, 6) is -0.265. The fourth-order valence-corrected chi connectivity index (χ4v) is 3.22. The molecule has 134 valence electrons. The van der Waals surface area contributed by atoms with E-state index in [-0.39, 0.29) is 16.7 Å². The molecule has 2 N–H and O–H groups in total. The van der Waals surface area contributed by atoms with Gasteiger partial charge in [0.1, 0.15) is 0 Å². The molecule has 0 spiro atoms. The second-order valence-electron chi connectivity index (χ2n) is 5.42. The maximum Gasteiger partial charge on any atom is 0.442 e.